The zero-order valence-corrected chi connectivity index (χ0v) is 11.7. The SMILES string of the molecule is Cc1noc(CN2C(=O)C(C)N(c3ccccc3)C2=O)n1. The molecule has 1 aliphatic heterocycles. The molecular weight excluding hydrogens is 272 g/mol. The van der Waals surface area contributed by atoms with E-state index < -0.39 is 6.04 Å². The molecule has 0 saturated carbocycles. The third kappa shape index (κ3) is 2.26. The fourth-order valence-corrected chi connectivity index (χ4v) is 2.33. The Labute approximate surface area is 121 Å². The minimum absolute atomic E-state index is 0.00776. The van der Waals surface area contributed by atoms with E-state index in [1.165, 1.54) is 4.90 Å². The van der Waals surface area contributed by atoms with Crippen molar-refractivity contribution in [3.63, 3.8) is 0 Å². The van der Waals surface area contributed by atoms with Crippen LogP contribution in [0.5, 0.6) is 0 Å². The molecule has 7 heteroatoms. The van der Waals surface area contributed by atoms with Gasteiger partial charge in [0.05, 0.1) is 0 Å². The number of aryl methyl sites for hydroxylation is 1. The number of carbonyl (C=O) groups is 2. The summed E-state index contributed by atoms with van der Waals surface area (Å²) in [5.74, 6) is 0.438. The standard InChI is InChI=1S/C14H14N4O3/c1-9-13(19)17(8-12-15-10(2)16-21-12)14(20)18(9)11-6-4-3-5-7-11/h3-7,9H,8H2,1-2H3. The first-order valence-corrected chi connectivity index (χ1v) is 6.56. The average Bonchev–Trinajstić information content (AvgIpc) is 2.98. The van der Waals surface area contributed by atoms with Crippen molar-refractivity contribution in [1.82, 2.24) is 15.0 Å². The van der Waals surface area contributed by atoms with Gasteiger partial charge >= 0.3 is 6.03 Å². The Balaban J connectivity index is 1.87. The van der Waals surface area contributed by atoms with Gasteiger partial charge in [-0.25, -0.2) is 4.79 Å². The Hall–Kier alpha value is -2.70. The number of urea groups is 1. The molecule has 2 aromatic rings. The first-order valence-electron chi connectivity index (χ1n) is 6.56. The summed E-state index contributed by atoms with van der Waals surface area (Å²) in [6.45, 7) is 3.37. The smallest absolute Gasteiger partial charge is 0.332 e. The molecule has 0 radical (unpaired) electrons. The van der Waals surface area contributed by atoms with Crippen molar-refractivity contribution in [2.45, 2.75) is 26.4 Å². The number of carbonyl (C=O) groups excluding carboxylic acids is 2. The zero-order chi connectivity index (χ0) is 15.0. The zero-order valence-electron chi connectivity index (χ0n) is 11.7. The van der Waals surface area contributed by atoms with Gasteiger partial charge in [-0.2, -0.15) is 4.98 Å². The predicted molar refractivity (Wildman–Crippen MR) is 73.4 cm³/mol. The van der Waals surface area contributed by atoms with E-state index in [1.54, 1.807) is 26.0 Å². The molecule has 1 atom stereocenters. The molecule has 1 aromatic carbocycles. The summed E-state index contributed by atoms with van der Waals surface area (Å²) >= 11 is 0. The third-order valence-corrected chi connectivity index (χ3v) is 3.35. The molecule has 0 bridgehead atoms. The monoisotopic (exact) mass is 286 g/mol. The van der Waals surface area contributed by atoms with E-state index in [2.05, 4.69) is 10.1 Å². The lowest BCUT2D eigenvalue weighted by molar-refractivity contribution is -0.127. The normalized spacial score (nSPS) is 18.7. The number of nitrogens with zero attached hydrogens (tertiary/aromatic N) is 4. The summed E-state index contributed by atoms with van der Waals surface area (Å²) in [6, 6.07) is 8.16. The number of hydrogen-bond acceptors (Lipinski definition) is 5. The van der Waals surface area contributed by atoms with Crippen molar-refractivity contribution in [1.29, 1.82) is 0 Å². The molecule has 3 rings (SSSR count). The number of hydrogen-bond donors (Lipinski definition) is 0. The van der Waals surface area contributed by atoms with Crippen molar-refractivity contribution >= 4 is 17.6 Å². The highest BCUT2D eigenvalue weighted by Crippen LogP contribution is 2.26. The highest BCUT2D eigenvalue weighted by molar-refractivity contribution is 6.13. The highest BCUT2D eigenvalue weighted by Gasteiger charge is 2.43. The fourth-order valence-electron chi connectivity index (χ4n) is 2.33. The molecule has 1 unspecified atom stereocenters. The number of aromatic nitrogens is 2. The maximum absolute atomic E-state index is 12.5. The Morgan fingerprint density at radius 3 is 2.57 bits per heavy atom. The Morgan fingerprint density at radius 2 is 1.95 bits per heavy atom. The van der Waals surface area contributed by atoms with E-state index in [9.17, 15) is 9.59 Å². The van der Waals surface area contributed by atoms with Gasteiger partial charge in [0.1, 0.15) is 12.6 Å². The van der Waals surface area contributed by atoms with Crippen molar-refractivity contribution in [3.8, 4) is 0 Å². The van der Waals surface area contributed by atoms with Crippen LogP contribution >= 0.6 is 0 Å². The van der Waals surface area contributed by atoms with Gasteiger partial charge in [0.25, 0.3) is 5.91 Å². The second kappa shape index (κ2) is 5.01. The predicted octanol–water partition coefficient (Wildman–Crippen LogP) is 1.74. The number of para-hydroxylation sites is 1. The van der Waals surface area contributed by atoms with Crippen LogP contribution in [0, 0.1) is 6.92 Å². The van der Waals surface area contributed by atoms with Crippen LogP contribution in [0.15, 0.2) is 34.9 Å². The summed E-state index contributed by atoms with van der Waals surface area (Å²) in [5, 5.41) is 3.66. The van der Waals surface area contributed by atoms with Gasteiger partial charge in [-0.3, -0.25) is 14.6 Å². The van der Waals surface area contributed by atoms with Crippen LogP contribution < -0.4 is 4.90 Å². The highest BCUT2D eigenvalue weighted by atomic mass is 16.5. The van der Waals surface area contributed by atoms with Gasteiger partial charge in [0, 0.05) is 5.69 Å². The summed E-state index contributed by atoms with van der Waals surface area (Å²) < 4.78 is 4.97. The number of benzene rings is 1. The van der Waals surface area contributed by atoms with Crippen LogP contribution in [0.2, 0.25) is 0 Å². The quantitative estimate of drug-likeness (QED) is 0.803. The van der Waals surface area contributed by atoms with Crippen molar-refractivity contribution in [2.24, 2.45) is 0 Å². The molecule has 1 saturated heterocycles. The maximum atomic E-state index is 12.5. The molecule has 0 aliphatic carbocycles. The van der Waals surface area contributed by atoms with E-state index in [0.717, 1.165) is 4.90 Å². The second-order valence-corrected chi connectivity index (χ2v) is 4.82. The largest absolute Gasteiger partial charge is 0.337 e. The van der Waals surface area contributed by atoms with Gasteiger partial charge in [-0.15, -0.1) is 0 Å². The molecule has 1 aliphatic rings. The van der Waals surface area contributed by atoms with E-state index in [-0.39, 0.29) is 24.4 Å². The molecule has 21 heavy (non-hydrogen) atoms. The minimum Gasteiger partial charge on any atom is -0.337 e. The fraction of sp³-hybridized carbons (Fsp3) is 0.286. The Morgan fingerprint density at radius 1 is 1.24 bits per heavy atom. The van der Waals surface area contributed by atoms with Gasteiger partial charge in [0.15, 0.2) is 5.82 Å². The molecule has 1 fully saturated rings. The molecule has 1 aromatic heterocycles. The van der Waals surface area contributed by atoms with Crippen molar-refractivity contribution < 1.29 is 14.1 Å². The molecule has 3 amide bonds. The Bertz CT molecular complexity index is 683. The van der Waals surface area contributed by atoms with Gasteiger partial charge in [-0.1, -0.05) is 23.4 Å². The summed E-state index contributed by atoms with van der Waals surface area (Å²) in [7, 11) is 0. The van der Waals surface area contributed by atoms with E-state index in [1.807, 2.05) is 18.2 Å². The average molecular weight is 286 g/mol. The number of rotatable bonds is 3. The third-order valence-electron chi connectivity index (χ3n) is 3.35. The van der Waals surface area contributed by atoms with Crippen LogP contribution in [0.25, 0.3) is 0 Å². The van der Waals surface area contributed by atoms with Crippen LogP contribution in [-0.2, 0) is 11.3 Å². The van der Waals surface area contributed by atoms with Crippen LogP contribution in [0.4, 0.5) is 10.5 Å². The van der Waals surface area contributed by atoms with Crippen molar-refractivity contribution in [3.05, 3.63) is 42.0 Å². The van der Waals surface area contributed by atoms with E-state index in [0.29, 0.717) is 11.5 Å². The van der Waals surface area contributed by atoms with Gasteiger partial charge < -0.3 is 4.52 Å². The van der Waals surface area contributed by atoms with Gasteiger partial charge in [-0.05, 0) is 26.0 Å². The maximum Gasteiger partial charge on any atom is 0.332 e. The van der Waals surface area contributed by atoms with Crippen LogP contribution in [0.1, 0.15) is 18.6 Å². The Kier molecular flexibility index (Phi) is 3.17. The molecule has 108 valence electrons. The molecular formula is C14H14N4O3. The van der Waals surface area contributed by atoms with Crippen molar-refractivity contribution in [2.75, 3.05) is 4.90 Å². The van der Waals surface area contributed by atoms with E-state index >= 15 is 0 Å². The number of amides is 3. The van der Waals surface area contributed by atoms with Crippen LogP contribution in [-0.4, -0.2) is 33.0 Å². The lowest BCUT2D eigenvalue weighted by Crippen LogP contribution is -2.33. The number of imide groups is 1. The topological polar surface area (TPSA) is 79.5 Å². The number of anilines is 1. The molecule has 0 N–H and O–H groups in total. The van der Waals surface area contributed by atoms with Crippen LogP contribution in [0.3, 0.4) is 0 Å². The minimum atomic E-state index is -0.552. The first-order chi connectivity index (χ1) is 10.1. The summed E-state index contributed by atoms with van der Waals surface area (Å²) in [6.07, 6.45) is 0. The molecule has 7 nitrogen and oxygen atoms in total. The second-order valence-electron chi connectivity index (χ2n) is 4.82. The summed E-state index contributed by atoms with van der Waals surface area (Å²) in [4.78, 5) is 31.4. The summed E-state index contributed by atoms with van der Waals surface area (Å²) in [5.41, 5.74) is 0.688. The lowest BCUT2D eigenvalue weighted by atomic mass is 10.2. The molecule has 0 spiro atoms. The lowest BCUT2D eigenvalue weighted by Gasteiger charge is -2.18. The molecule has 2 heterocycles. The van der Waals surface area contributed by atoms with Gasteiger partial charge in [0.2, 0.25) is 5.89 Å². The first kappa shape index (κ1) is 13.3. The van der Waals surface area contributed by atoms with E-state index in [4.69, 9.17) is 4.52 Å².